The number of nitrogens with zero attached hydrogens (tertiary/aromatic N) is 2. The Morgan fingerprint density at radius 1 is 0.833 bits per heavy atom. The SMILES string of the molecule is COCCOc1ccc(Nc2ccnc3cc(-c4ccccn4)ccc23)c(OC)c1. The molecule has 2 heterocycles. The van der Waals surface area contributed by atoms with Gasteiger partial charge in [0.1, 0.15) is 18.1 Å². The van der Waals surface area contributed by atoms with Gasteiger partial charge >= 0.3 is 0 Å². The van der Waals surface area contributed by atoms with E-state index in [0.29, 0.717) is 19.0 Å². The van der Waals surface area contributed by atoms with E-state index in [1.165, 1.54) is 0 Å². The van der Waals surface area contributed by atoms with Crippen LogP contribution >= 0.6 is 0 Å². The Morgan fingerprint density at radius 3 is 2.57 bits per heavy atom. The molecule has 0 amide bonds. The maximum atomic E-state index is 5.67. The Hall–Kier alpha value is -3.64. The number of rotatable bonds is 8. The number of aromatic nitrogens is 2. The highest BCUT2D eigenvalue weighted by atomic mass is 16.5. The first-order valence-corrected chi connectivity index (χ1v) is 9.65. The van der Waals surface area contributed by atoms with Gasteiger partial charge in [-0.05, 0) is 36.4 Å². The summed E-state index contributed by atoms with van der Waals surface area (Å²) in [6.07, 6.45) is 3.58. The zero-order valence-corrected chi connectivity index (χ0v) is 17.0. The van der Waals surface area contributed by atoms with Gasteiger partial charge in [-0.1, -0.05) is 18.2 Å². The second-order valence-corrected chi connectivity index (χ2v) is 6.63. The van der Waals surface area contributed by atoms with Gasteiger partial charge in [-0.25, -0.2) is 0 Å². The van der Waals surface area contributed by atoms with Crippen LogP contribution in [-0.4, -0.2) is 37.4 Å². The van der Waals surface area contributed by atoms with Crippen molar-refractivity contribution in [3.63, 3.8) is 0 Å². The molecule has 0 aliphatic carbocycles. The van der Waals surface area contributed by atoms with Gasteiger partial charge in [0.15, 0.2) is 0 Å². The predicted molar refractivity (Wildman–Crippen MR) is 119 cm³/mol. The van der Waals surface area contributed by atoms with Gasteiger partial charge in [-0.15, -0.1) is 0 Å². The third-order valence-corrected chi connectivity index (χ3v) is 4.70. The number of anilines is 2. The van der Waals surface area contributed by atoms with E-state index in [-0.39, 0.29) is 0 Å². The highest BCUT2D eigenvalue weighted by molar-refractivity contribution is 5.95. The molecule has 0 aliphatic heterocycles. The minimum absolute atomic E-state index is 0.486. The third kappa shape index (κ3) is 4.34. The van der Waals surface area contributed by atoms with Crippen LogP contribution in [0.15, 0.2) is 73.1 Å². The average molecular weight is 401 g/mol. The minimum Gasteiger partial charge on any atom is -0.494 e. The standard InChI is InChI=1S/C24H23N3O3/c1-28-13-14-30-18-7-9-22(24(16-18)29-2)27-21-10-12-26-23-15-17(6-8-19(21)23)20-5-3-4-11-25-20/h3-12,15-16H,13-14H2,1-2H3,(H,26,27). The number of pyridine rings is 2. The Bertz CT molecular complexity index is 1130. The fraction of sp³-hybridized carbons (Fsp3) is 0.167. The Labute approximate surface area is 175 Å². The summed E-state index contributed by atoms with van der Waals surface area (Å²) < 4.78 is 16.2. The van der Waals surface area contributed by atoms with Crippen LogP contribution in [0.3, 0.4) is 0 Å². The first-order valence-electron chi connectivity index (χ1n) is 9.65. The average Bonchev–Trinajstić information content (AvgIpc) is 2.80. The molecular weight excluding hydrogens is 378 g/mol. The second-order valence-electron chi connectivity index (χ2n) is 6.63. The molecule has 0 fully saturated rings. The van der Waals surface area contributed by atoms with Crippen molar-refractivity contribution in [3.05, 3.63) is 73.1 Å². The highest BCUT2D eigenvalue weighted by Crippen LogP contribution is 2.34. The van der Waals surface area contributed by atoms with Gasteiger partial charge in [0.05, 0.1) is 30.6 Å². The van der Waals surface area contributed by atoms with Crippen molar-refractivity contribution in [3.8, 4) is 22.8 Å². The van der Waals surface area contributed by atoms with Crippen LogP contribution in [0.25, 0.3) is 22.2 Å². The van der Waals surface area contributed by atoms with Crippen molar-refractivity contribution in [2.45, 2.75) is 0 Å². The first-order chi connectivity index (χ1) is 14.8. The van der Waals surface area contributed by atoms with Gasteiger partial charge in [0.2, 0.25) is 0 Å². The summed E-state index contributed by atoms with van der Waals surface area (Å²) in [5.41, 5.74) is 4.63. The summed E-state index contributed by atoms with van der Waals surface area (Å²) in [5, 5.41) is 4.47. The van der Waals surface area contributed by atoms with Gasteiger partial charge < -0.3 is 19.5 Å². The lowest BCUT2D eigenvalue weighted by atomic mass is 10.1. The van der Waals surface area contributed by atoms with Crippen LogP contribution in [0, 0.1) is 0 Å². The summed E-state index contributed by atoms with van der Waals surface area (Å²) in [5.74, 6) is 1.43. The highest BCUT2D eigenvalue weighted by Gasteiger charge is 2.10. The van der Waals surface area contributed by atoms with Gasteiger partial charge in [-0.3, -0.25) is 9.97 Å². The lowest BCUT2D eigenvalue weighted by Crippen LogP contribution is -2.04. The van der Waals surface area contributed by atoms with Crippen molar-refractivity contribution < 1.29 is 14.2 Å². The summed E-state index contributed by atoms with van der Waals surface area (Å²) in [6.45, 7) is 1.02. The summed E-state index contributed by atoms with van der Waals surface area (Å²) in [6, 6.07) is 19.7. The molecule has 0 unspecified atom stereocenters. The van der Waals surface area contributed by atoms with Crippen LogP contribution < -0.4 is 14.8 Å². The summed E-state index contributed by atoms with van der Waals surface area (Å²) in [4.78, 5) is 8.96. The van der Waals surface area contributed by atoms with Gasteiger partial charge in [-0.2, -0.15) is 0 Å². The van der Waals surface area contributed by atoms with E-state index >= 15 is 0 Å². The monoisotopic (exact) mass is 401 g/mol. The molecule has 0 aliphatic rings. The number of ether oxygens (including phenoxy) is 3. The van der Waals surface area contributed by atoms with Crippen LogP contribution in [0.2, 0.25) is 0 Å². The van der Waals surface area contributed by atoms with Crippen molar-refractivity contribution >= 4 is 22.3 Å². The number of nitrogens with one attached hydrogen (secondary N) is 1. The Morgan fingerprint density at radius 2 is 1.77 bits per heavy atom. The zero-order chi connectivity index (χ0) is 20.8. The molecule has 0 atom stereocenters. The molecule has 4 rings (SSSR count). The van der Waals surface area contributed by atoms with Gasteiger partial charge in [0, 0.05) is 42.2 Å². The molecule has 0 saturated heterocycles. The van der Waals surface area contributed by atoms with E-state index in [1.807, 2.05) is 48.5 Å². The number of fused-ring (bicyclic) bond motifs is 1. The molecule has 30 heavy (non-hydrogen) atoms. The molecule has 152 valence electrons. The van der Waals surface area contributed by atoms with E-state index in [2.05, 4.69) is 27.4 Å². The molecule has 6 nitrogen and oxygen atoms in total. The third-order valence-electron chi connectivity index (χ3n) is 4.70. The van der Waals surface area contributed by atoms with Crippen molar-refractivity contribution in [2.24, 2.45) is 0 Å². The lowest BCUT2D eigenvalue weighted by Gasteiger charge is -2.15. The van der Waals surface area contributed by atoms with Crippen LogP contribution in [0.5, 0.6) is 11.5 Å². The molecule has 4 aromatic rings. The molecule has 0 radical (unpaired) electrons. The normalized spacial score (nSPS) is 10.7. The molecule has 0 bridgehead atoms. The number of hydrogen-bond acceptors (Lipinski definition) is 6. The molecule has 2 aromatic heterocycles. The number of hydrogen-bond donors (Lipinski definition) is 1. The zero-order valence-electron chi connectivity index (χ0n) is 17.0. The lowest BCUT2D eigenvalue weighted by molar-refractivity contribution is 0.146. The van der Waals surface area contributed by atoms with E-state index in [9.17, 15) is 0 Å². The van der Waals surface area contributed by atoms with E-state index in [1.54, 1.807) is 26.6 Å². The van der Waals surface area contributed by atoms with Crippen molar-refractivity contribution in [2.75, 3.05) is 32.8 Å². The maximum absolute atomic E-state index is 5.67. The number of benzene rings is 2. The molecule has 2 aromatic carbocycles. The Balaban J connectivity index is 1.62. The molecule has 1 N–H and O–H groups in total. The minimum atomic E-state index is 0.486. The molecular formula is C24H23N3O3. The smallest absolute Gasteiger partial charge is 0.145 e. The van der Waals surface area contributed by atoms with Crippen molar-refractivity contribution in [1.29, 1.82) is 0 Å². The fourth-order valence-electron chi connectivity index (χ4n) is 3.20. The first kappa shape index (κ1) is 19.7. The van der Waals surface area contributed by atoms with Crippen LogP contribution in [-0.2, 0) is 4.74 Å². The largest absolute Gasteiger partial charge is 0.494 e. The van der Waals surface area contributed by atoms with Crippen LogP contribution in [0.4, 0.5) is 11.4 Å². The Kier molecular flexibility index (Phi) is 6.06. The van der Waals surface area contributed by atoms with E-state index < -0.39 is 0 Å². The van der Waals surface area contributed by atoms with Crippen molar-refractivity contribution in [1.82, 2.24) is 9.97 Å². The topological polar surface area (TPSA) is 65.5 Å². The van der Waals surface area contributed by atoms with Gasteiger partial charge in [0.25, 0.3) is 0 Å². The predicted octanol–water partition coefficient (Wildman–Crippen LogP) is 5.07. The maximum Gasteiger partial charge on any atom is 0.145 e. The van der Waals surface area contributed by atoms with Crippen LogP contribution in [0.1, 0.15) is 0 Å². The van der Waals surface area contributed by atoms with E-state index in [0.717, 1.165) is 39.3 Å². The molecule has 0 saturated carbocycles. The van der Waals surface area contributed by atoms with E-state index in [4.69, 9.17) is 14.2 Å². The molecule has 6 heteroatoms. The quantitative estimate of drug-likeness (QED) is 0.416. The molecule has 0 spiro atoms. The second kappa shape index (κ2) is 9.24. The summed E-state index contributed by atoms with van der Waals surface area (Å²) in [7, 11) is 3.29. The summed E-state index contributed by atoms with van der Waals surface area (Å²) >= 11 is 0. The fourth-order valence-corrected chi connectivity index (χ4v) is 3.20. The number of methoxy groups -OCH3 is 2.